The zero-order valence-electron chi connectivity index (χ0n) is 13.6. The maximum Gasteiger partial charge on any atom is 0.120 e. The number of hydrogen-bond donors (Lipinski definition) is 1. The smallest absolute Gasteiger partial charge is 0.120 e. The molecule has 0 amide bonds. The fourth-order valence-corrected chi connectivity index (χ4v) is 2.61. The number of aryl methyl sites for hydroxylation is 2. The van der Waals surface area contributed by atoms with Crippen LogP contribution in [0.3, 0.4) is 0 Å². The Balaban J connectivity index is 2.36. The molecule has 4 heteroatoms. The third kappa shape index (κ3) is 3.64. The fraction of sp³-hybridized carbons (Fsp3) is 0.471. The van der Waals surface area contributed by atoms with Crippen LogP contribution in [0.1, 0.15) is 43.6 Å². The molecule has 1 atom stereocenters. The molecule has 0 aliphatic rings. The first-order valence-electron chi connectivity index (χ1n) is 7.51. The topological polar surface area (TPSA) is 39.1 Å². The molecule has 4 nitrogen and oxygen atoms in total. The van der Waals surface area contributed by atoms with Crippen LogP contribution in [0.5, 0.6) is 5.75 Å². The minimum Gasteiger partial charge on any atom is -0.491 e. The third-order valence-electron chi connectivity index (χ3n) is 3.44. The predicted octanol–water partition coefficient (Wildman–Crippen LogP) is 3.08. The van der Waals surface area contributed by atoms with Crippen molar-refractivity contribution in [3.63, 3.8) is 0 Å². The molecule has 114 valence electrons. The monoisotopic (exact) mass is 287 g/mol. The third-order valence-corrected chi connectivity index (χ3v) is 3.44. The molecule has 0 saturated carbocycles. The second-order valence-corrected chi connectivity index (χ2v) is 5.52. The van der Waals surface area contributed by atoms with Gasteiger partial charge in [-0.05, 0) is 45.0 Å². The standard InChI is InChI=1S/C17H25N3O/c1-6-16-15(11-20(5)19-16)17(18-4)13-8-7-9-14(10-13)21-12(2)3/h7-12,17-18H,6H2,1-5H3. The highest BCUT2D eigenvalue weighted by Gasteiger charge is 2.18. The number of benzene rings is 1. The number of nitrogens with zero attached hydrogens (tertiary/aromatic N) is 2. The van der Waals surface area contributed by atoms with Crippen molar-refractivity contribution in [1.82, 2.24) is 15.1 Å². The number of nitrogens with one attached hydrogen (secondary N) is 1. The van der Waals surface area contributed by atoms with Gasteiger partial charge in [-0.3, -0.25) is 4.68 Å². The van der Waals surface area contributed by atoms with Gasteiger partial charge < -0.3 is 10.1 Å². The average molecular weight is 287 g/mol. The van der Waals surface area contributed by atoms with Crippen LogP contribution in [0.2, 0.25) is 0 Å². The van der Waals surface area contributed by atoms with Gasteiger partial charge in [0.05, 0.1) is 17.8 Å². The van der Waals surface area contributed by atoms with Crippen LogP contribution in [0.25, 0.3) is 0 Å². The van der Waals surface area contributed by atoms with Crippen molar-refractivity contribution in [3.05, 3.63) is 47.3 Å². The molecule has 0 fully saturated rings. The first kappa shape index (κ1) is 15.6. The SMILES string of the molecule is CCc1nn(C)cc1C(NC)c1cccc(OC(C)C)c1. The van der Waals surface area contributed by atoms with Gasteiger partial charge >= 0.3 is 0 Å². The normalized spacial score (nSPS) is 12.7. The molecular weight excluding hydrogens is 262 g/mol. The predicted molar refractivity (Wildman–Crippen MR) is 85.7 cm³/mol. The van der Waals surface area contributed by atoms with Gasteiger partial charge in [-0.25, -0.2) is 0 Å². The Morgan fingerprint density at radius 2 is 2.10 bits per heavy atom. The van der Waals surface area contributed by atoms with Crippen molar-refractivity contribution in [3.8, 4) is 5.75 Å². The zero-order valence-corrected chi connectivity index (χ0v) is 13.6. The molecule has 21 heavy (non-hydrogen) atoms. The summed E-state index contributed by atoms with van der Waals surface area (Å²) in [5, 5.41) is 7.93. The van der Waals surface area contributed by atoms with Crippen LogP contribution in [-0.4, -0.2) is 22.9 Å². The summed E-state index contributed by atoms with van der Waals surface area (Å²) in [7, 11) is 3.95. The molecule has 2 rings (SSSR count). The number of aromatic nitrogens is 2. The maximum atomic E-state index is 5.80. The zero-order chi connectivity index (χ0) is 15.4. The molecule has 0 radical (unpaired) electrons. The molecule has 0 saturated heterocycles. The second-order valence-electron chi connectivity index (χ2n) is 5.52. The van der Waals surface area contributed by atoms with Gasteiger partial charge in [0.2, 0.25) is 0 Å². The van der Waals surface area contributed by atoms with Crippen LogP contribution in [0, 0.1) is 0 Å². The van der Waals surface area contributed by atoms with Crippen molar-refractivity contribution in [1.29, 1.82) is 0 Å². The van der Waals surface area contributed by atoms with Crippen molar-refractivity contribution in [2.75, 3.05) is 7.05 Å². The lowest BCUT2D eigenvalue weighted by atomic mass is 9.98. The summed E-state index contributed by atoms with van der Waals surface area (Å²) < 4.78 is 7.68. The van der Waals surface area contributed by atoms with E-state index in [1.165, 1.54) is 11.1 Å². The number of rotatable bonds is 6. The highest BCUT2D eigenvalue weighted by Crippen LogP contribution is 2.27. The van der Waals surface area contributed by atoms with Gasteiger partial charge in [-0.2, -0.15) is 5.10 Å². The quantitative estimate of drug-likeness (QED) is 0.887. The molecule has 1 N–H and O–H groups in total. The summed E-state index contributed by atoms with van der Waals surface area (Å²) in [5.41, 5.74) is 3.55. The Morgan fingerprint density at radius 1 is 1.33 bits per heavy atom. The largest absolute Gasteiger partial charge is 0.491 e. The Hall–Kier alpha value is -1.81. The van der Waals surface area contributed by atoms with Crippen LogP contribution in [0.4, 0.5) is 0 Å². The average Bonchev–Trinajstić information content (AvgIpc) is 2.80. The summed E-state index contributed by atoms with van der Waals surface area (Å²) in [5.74, 6) is 0.907. The summed E-state index contributed by atoms with van der Waals surface area (Å²) in [6.45, 7) is 6.22. The molecule has 0 spiro atoms. The fourth-order valence-electron chi connectivity index (χ4n) is 2.61. The summed E-state index contributed by atoms with van der Waals surface area (Å²) >= 11 is 0. The minimum atomic E-state index is 0.129. The van der Waals surface area contributed by atoms with Crippen LogP contribution in [0.15, 0.2) is 30.5 Å². The van der Waals surface area contributed by atoms with Crippen molar-refractivity contribution in [2.24, 2.45) is 7.05 Å². The van der Waals surface area contributed by atoms with Gasteiger partial charge in [0, 0.05) is 18.8 Å². The minimum absolute atomic E-state index is 0.129. The van der Waals surface area contributed by atoms with E-state index in [4.69, 9.17) is 4.74 Å². The maximum absolute atomic E-state index is 5.80. The van der Waals surface area contributed by atoms with Crippen molar-refractivity contribution in [2.45, 2.75) is 39.3 Å². The molecule has 1 aromatic heterocycles. The summed E-state index contributed by atoms with van der Waals surface area (Å²) in [6, 6.07) is 8.40. The Morgan fingerprint density at radius 3 is 2.71 bits per heavy atom. The molecular formula is C17H25N3O. The van der Waals surface area contributed by atoms with E-state index in [0.717, 1.165) is 17.9 Å². The number of hydrogen-bond acceptors (Lipinski definition) is 3. The Labute approximate surface area is 127 Å². The van der Waals surface area contributed by atoms with Crippen LogP contribution in [-0.2, 0) is 13.5 Å². The lowest BCUT2D eigenvalue weighted by molar-refractivity contribution is 0.242. The van der Waals surface area contributed by atoms with Gasteiger partial charge in [0.15, 0.2) is 0 Å². The van der Waals surface area contributed by atoms with Gasteiger partial charge in [0.25, 0.3) is 0 Å². The molecule has 0 aliphatic carbocycles. The highest BCUT2D eigenvalue weighted by atomic mass is 16.5. The van der Waals surface area contributed by atoms with Crippen LogP contribution >= 0.6 is 0 Å². The summed E-state index contributed by atoms with van der Waals surface area (Å²) in [6.07, 6.45) is 3.20. The molecule has 1 heterocycles. The molecule has 2 aromatic rings. The lowest BCUT2D eigenvalue weighted by Crippen LogP contribution is -2.18. The van der Waals surface area contributed by atoms with E-state index in [0.29, 0.717) is 0 Å². The highest BCUT2D eigenvalue weighted by molar-refractivity contribution is 5.37. The molecule has 1 aromatic carbocycles. The summed E-state index contributed by atoms with van der Waals surface area (Å²) in [4.78, 5) is 0. The van der Waals surface area contributed by atoms with E-state index in [9.17, 15) is 0 Å². The second kappa shape index (κ2) is 6.76. The van der Waals surface area contributed by atoms with E-state index in [-0.39, 0.29) is 12.1 Å². The van der Waals surface area contributed by atoms with Crippen molar-refractivity contribution < 1.29 is 4.74 Å². The van der Waals surface area contributed by atoms with E-state index in [1.54, 1.807) is 0 Å². The van der Waals surface area contributed by atoms with Gasteiger partial charge in [-0.1, -0.05) is 19.1 Å². The Bertz CT molecular complexity index is 589. The van der Waals surface area contributed by atoms with Crippen molar-refractivity contribution >= 4 is 0 Å². The van der Waals surface area contributed by atoms with E-state index in [2.05, 4.69) is 35.7 Å². The lowest BCUT2D eigenvalue weighted by Gasteiger charge is -2.18. The van der Waals surface area contributed by atoms with E-state index >= 15 is 0 Å². The Kier molecular flexibility index (Phi) is 5.02. The van der Waals surface area contributed by atoms with E-state index < -0.39 is 0 Å². The first-order valence-corrected chi connectivity index (χ1v) is 7.51. The molecule has 0 bridgehead atoms. The molecule has 1 unspecified atom stereocenters. The first-order chi connectivity index (χ1) is 10.0. The van der Waals surface area contributed by atoms with E-state index in [1.807, 2.05) is 44.8 Å². The van der Waals surface area contributed by atoms with Crippen LogP contribution < -0.4 is 10.1 Å². The molecule has 0 aliphatic heterocycles. The van der Waals surface area contributed by atoms with Gasteiger partial charge in [0.1, 0.15) is 5.75 Å². The van der Waals surface area contributed by atoms with Gasteiger partial charge in [-0.15, -0.1) is 0 Å². The number of ether oxygens (including phenoxy) is 1.